The van der Waals surface area contributed by atoms with Crippen LogP contribution in [0.4, 0.5) is 5.69 Å². The summed E-state index contributed by atoms with van der Waals surface area (Å²) >= 11 is 0. The lowest BCUT2D eigenvalue weighted by molar-refractivity contribution is 0.0697. The van der Waals surface area contributed by atoms with Gasteiger partial charge in [-0.1, -0.05) is 0 Å². The van der Waals surface area contributed by atoms with Crippen LogP contribution in [-0.4, -0.2) is 37.8 Å². The lowest BCUT2D eigenvalue weighted by Gasteiger charge is -2.24. The first-order chi connectivity index (χ1) is 8.56. The Bertz CT molecular complexity index is 480. The number of anilines is 1. The van der Waals surface area contributed by atoms with Gasteiger partial charge in [-0.05, 0) is 25.8 Å². The Morgan fingerprint density at radius 2 is 2.17 bits per heavy atom. The Balaban J connectivity index is 2.15. The second kappa shape index (κ2) is 5.48. The number of aromatic nitrogens is 1. The molecule has 1 saturated heterocycles. The van der Waals surface area contributed by atoms with Gasteiger partial charge in [0.1, 0.15) is 5.56 Å². The number of nitrogens with zero attached hydrogens (tertiary/aromatic N) is 1. The number of aryl methyl sites for hydroxylation is 1. The van der Waals surface area contributed by atoms with E-state index in [0.717, 1.165) is 18.5 Å². The summed E-state index contributed by atoms with van der Waals surface area (Å²) in [7, 11) is -0.706. The van der Waals surface area contributed by atoms with Crippen molar-refractivity contribution in [3.8, 4) is 0 Å². The third kappa shape index (κ3) is 3.07. The van der Waals surface area contributed by atoms with Crippen LogP contribution in [0.15, 0.2) is 12.3 Å². The minimum absolute atomic E-state index is 0.187. The molecule has 2 heterocycles. The maximum Gasteiger partial charge on any atom is 0.339 e. The SMILES string of the molecule is Cc1cc(NC2CCS(=O)CC2)c(C(=O)O)cn1. The third-order valence-corrected chi connectivity index (χ3v) is 4.40. The largest absolute Gasteiger partial charge is 0.478 e. The van der Waals surface area contributed by atoms with Crippen LogP contribution in [0.5, 0.6) is 0 Å². The van der Waals surface area contributed by atoms with E-state index in [1.165, 1.54) is 6.20 Å². The van der Waals surface area contributed by atoms with Gasteiger partial charge in [-0.25, -0.2) is 4.79 Å². The van der Waals surface area contributed by atoms with Gasteiger partial charge in [-0.3, -0.25) is 9.19 Å². The van der Waals surface area contributed by atoms with Gasteiger partial charge in [0.15, 0.2) is 0 Å². The highest BCUT2D eigenvalue weighted by Crippen LogP contribution is 2.20. The molecular formula is C12H16N2O3S. The minimum Gasteiger partial charge on any atom is -0.478 e. The van der Waals surface area contributed by atoms with Crippen LogP contribution in [0.3, 0.4) is 0 Å². The predicted octanol–water partition coefficient (Wildman–Crippen LogP) is 1.41. The van der Waals surface area contributed by atoms with Crippen LogP contribution in [0.2, 0.25) is 0 Å². The zero-order valence-electron chi connectivity index (χ0n) is 10.2. The lowest BCUT2D eigenvalue weighted by Crippen LogP contribution is -2.30. The van der Waals surface area contributed by atoms with Crippen molar-refractivity contribution in [1.29, 1.82) is 0 Å². The third-order valence-electron chi connectivity index (χ3n) is 3.02. The van der Waals surface area contributed by atoms with Gasteiger partial charge in [0.05, 0.1) is 5.69 Å². The molecule has 0 radical (unpaired) electrons. The first-order valence-electron chi connectivity index (χ1n) is 5.87. The van der Waals surface area contributed by atoms with Crippen molar-refractivity contribution in [2.75, 3.05) is 16.8 Å². The maximum absolute atomic E-state index is 11.3. The number of aromatic carboxylic acids is 1. The fourth-order valence-electron chi connectivity index (χ4n) is 2.01. The van der Waals surface area contributed by atoms with Crippen molar-refractivity contribution in [2.45, 2.75) is 25.8 Å². The number of hydrogen-bond acceptors (Lipinski definition) is 4. The second-order valence-corrected chi connectivity index (χ2v) is 6.14. The number of pyridine rings is 1. The van der Waals surface area contributed by atoms with E-state index in [1.807, 2.05) is 6.92 Å². The van der Waals surface area contributed by atoms with Crippen LogP contribution in [-0.2, 0) is 10.8 Å². The van der Waals surface area contributed by atoms with Gasteiger partial charge >= 0.3 is 5.97 Å². The smallest absolute Gasteiger partial charge is 0.339 e. The second-order valence-electron chi connectivity index (χ2n) is 4.44. The Morgan fingerprint density at radius 1 is 1.50 bits per heavy atom. The molecule has 0 unspecified atom stereocenters. The molecule has 1 aromatic heterocycles. The molecule has 0 spiro atoms. The van der Waals surface area contributed by atoms with Gasteiger partial charge in [0.25, 0.3) is 0 Å². The molecule has 98 valence electrons. The highest BCUT2D eigenvalue weighted by Gasteiger charge is 2.20. The highest BCUT2D eigenvalue weighted by molar-refractivity contribution is 7.85. The molecule has 0 atom stereocenters. The molecule has 5 nitrogen and oxygen atoms in total. The number of carboxylic acids is 1. The number of hydrogen-bond donors (Lipinski definition) is 2. The van der Waals surface area contributed by atoms with Crippen LogP contribution in [0.1, 0.15) is 28.9 Å². The zero-order chi connectivity index (χ0) is 13.1. The van der Waals surface area contributed by atoms with E-state index < -0.39 is 16.8 Å². The van der Waals surface area contributed by atoms with Crippen molar-refractivity contribution < 1.29 is 14.1 Å². The molecule has 0 bridgehead atoms. The number of nitrogens with one attached hydrogen (secondary N) is 1. The molecule has 18 heavy (non-hydrogen) atoms. The van der Waals surface area contributed by atoms with Crippen molar-refractivity contribution in [3.63, 3.8) is 0 Å². The fraction of sp³-hybridized carbons (Fsp3) is 0.500. The Labute approximate surface area is 108 Å². The minimum atomic E-state index is -0.982. The number of rotatable bonds is 3. The summed E-state index contributed by atoms with van der Waals surface area (Å²) in [6.07, 6.45) is 3.00. The first-order valence-corrected chi connectivity index (χ1v) is 7.36. The summed E-state index contributed by atoms with van der Waals surface area (Å²) in [4.78, 5) is 15.1. The van der Waals surface area contributed by atoms with Crippen molar-refractivity contribution in [1.82, 2.24) is 4.98 Å². The van der Waals surface area contributed by atoms with Gasteiger partial charge < -0.3 is 10.4 Å². The predicted molar refractivity (Wildman–Crippen MR) is 70.5 cm³/mol. The van der Waals surface area contributed by atoms with Crippen molar-refractivity contribution in [3.05, 3.63) is 23.5 Å². The van der Waals surface area contributed by atoms with E-state index in [9.17, 15) is 9.00 Å². The van der Waals surface area contributed by atoms with Gasteiger partial charge in [-0.2, -0.15) is 0 Å². The summed E-state index contributed by atoms with van der Waals surface area (Å²) in [5.74, 6) is 0.387. The van der Waals surface area contributed by atoms with E-state index in [-0.39, 0.29) is 11.6 Å². The highest BCUT2D eigenvalue weighted by atomic mass is 32.2. The number of carboxylic acid groups (broad SMARTS) is 1. The van der Waals surface area contributed by atoms with Crippen molar-refractivity contribution in [2.24, 2.45) is 0 Å². The topological polar surface area (TPSA) is 79.3 Å². The van der Waals surface area contributed by atoms with E-state index in [2.05, 4.69) is 10.3 Å². The molecule has 2 rings (SSSR count). The van der Waals surface area contributed by atoms with Gasteiger partial charge in [0.2, 0.25) is 0 Å². The molecule has 1 aliphatic heterocycles. The molecule has 0 aromatic carbocycles. The number of carbonyl (C=O) groups is 1. The summed E-state index contributed by atoms with van der Waals surface area (Å²) in [6.45, 7) is 1.83. The van der Waals surface area contributed by atoms with Crippen LogP contribution >= 0.6 is 0 Å². The summed E-state index contributed by atoms with van der Waals surface area (Å²) in [5, 5.41) is 12.3. The van der Waals surface area contributed by atoms with Crippen LogP contribution in [0.25, 0.3) is 0 Å². The van der Waals surface area contributed by atoms with E-state index >= 15 is 0 Å². The molecule has 6 heteroatoms. The van der Waals surface area contributed by atoms with Crippen LogP contribution < -0.4 is 5.32 Å². The lowest BCUT2D eigenvalue weighted by atomic mass is 10.1. The van der Waals surface area contributed by atoms with Crippen molar-refractivity contribution >= 4 is 22.5 Å². The molecule has 0 aliphatic carbocycles. The Kier molecular flexibility index (Phi) is 3.96. The van der Waals surface area contributed by atoms with Gasteiger partial charge in [-0.15, -0.1) is 0 Å². The molecule has 1 aliphatic rings. The molecule has 0 saturated carbocycles. The molecule has 2 N–H and O–H groups in total. The molecular weight excluding hydrogens is 252 g/mol. The Hall–Kier alpha value is -1.43. The molecule has 0 amide bonds. The fourth-order valence-corrected chi connectivity index (χ4v) is 3.31. The summed E-state index contributed by atoms with van der Waals surface area (Å²) in [5.41, 5.74) is 1.57. The summed E-state index contributed by atoms with van der Waals surface area (Å²) in [6, 6.07) is 1.94. The molecule has 1 aromatic rings. The first kappa shape index (κ1) is 13.0. The van der Waals surface area contributed by atoms with E-state index in [4.69, 9.17) is 5.11 Å². The summed E-state index contributed by atoms with van der Waals surface area (Å²) < 4.78 is 11.3. The molecule has 1 fully saturated rings. The van der Waals surface area contributed by atoms with Gasteiger partial charge in [0, 0.05) is 40.2 Å². The normalized spacial score (nSPS) is 23.6. The standard InChI is InChI=1S/C12H16N2O3S/c1-8-6-11(10(7-13-8)12(15)16)14-9-2-4-18(17)5-3-9/h6-7,9H,2-5H2,1H3,(H,13,14)(H,15,16). The monoisotopic (exact) mass is 268 g/mol. The average molecular weight is 268 g/mol. The Morgan fingerprint density at radius 3 is 2.78 bits per heavy atom. The van der Waals surface area contributed by atoms with E-state index in [1.54, 1.807) is 6.07 Å². The zero-order valence-corrected chi connectivity index (χ0v) is 11.0. The average Bonchev–Trinajstić information content (AvgIpc) is 2.32. The van der Waals surface area contributed by atoms with Crippen LogP contribution in [0, 0.1) is 6.92 Å². The quantitative estimate of drug-likeness (QED) is 0.866. The maximum atomic E-state index is 11.3. The van der Waals surface area contributed by atoms with E-state index in [0.29, 0.717) is 17.2 Å².